The summed E-state index contributed by atoms with van der Waals surface area (Å²) in [6, 6.07) is 9.35. The zero-order valence-electron chi connectivity index (χ0n) is 24.3. The van der Waals surface area contributed by atoms with E-state index < -0.39 is 6.10 Å². The number of hydrogen-bond acceptors (Lipinski definition) is 8. The number of piperidine rings is 1. The molecule has 4 aliphatic rings. The number of aliphatic hydroxyl groups excluding tert-OH is 1. The molecule has 1 aliphatic carbocycles. The maximum absolute atomic E-state index is 13.3. The summed E-state index contributed by atoms with van der Waals surface area (Å²) in [6.45, 7) is 5.85. The first kappa shape index (κ1) is 28.1. The fraction of sp³-hybridized carbons (Fsp3) is 0.394. The minimum absolute atomic E-state index is 0.0688. The lowest BCUT2D eigenvalue weighted by atomic mass is 9.94. The normalized spacial score (nSPS) is 22.5. The number of likely N-dealkylation sites (tertiary alicyclic amines) is 1. The molecule has 1 saturated heterocycles. The molecule has 6 rings (SSSR count). The number of ketones is 1. The maximum Gasteiger partial charge on any atom is 0.261 e. The highest BCUT2D eigenvalue weighted by molar-refractivity contribution is 6.29. The molecule has 9 nitrogen and oxygen atoms in total. The molecule has 1 unspecified atom stereocenters. The van der Waals surface area contributed by atoms with E-state index in [1.165, 1.54) is 4.90 Å². The summed E-state index contributed by atoms with van der Waals surface area (Å²) >= 11 is 0. The van der Waals surface area contributed by atoms with Crippen LogP contribution in [-0.4, -0.2) is 83.7 Å². The Kier molecular flexibility index (Phi) is 7.55. The number of amides is 2. The van der Waals surface area contributed by atoms with Crippen molar-refractivity contribution in [3.05, 3.63) is 81.6 Å². The molecule has 3 heterocycles. The third-order valence-electron chi connectivity index (χ3n) is 8.50. The average molecular weight is 569 g/mol. The van der Waals surface area contributed by atoms with Crippen molar-refractivity contribution in [2.45, 2.75) is 51.7 Å². The number of benzene rings is 2. The summed E-state index contributed by atoms with van der Waals surface area (Å²) in [5.41, 5.74) is 6.24. The van der Waals surface area contributed by atoms with E-state index in [9.17, 15) is 19.5 Å². The van der Waals surface area contributed by atoms with E-state index in [-0.39, 0.29) is 43.2 Å². The number of carbonyl (C=O) groups excluding carboxylic acids is 3. The molecule has 0 spiro atoms. The molecule has 42 heavy (non-hydrogen) atoms. The van der Waals surface area contributed by atoms with E-state index in [0.29, 0.717) is 40.3 Å². The summed E-state index contributed by atoms with van der Waals surface area (Å²) in [4.78, 5) is 48.0. The number of rotatable bonds is 6. The van der Waals surface area contributed by atoms with Crippen LogP contribution < -0.4 is 10.1 Å². The first-order valence-electron chi connectivity index (χ1n) is 14.6. The first-order chi connectivity index (χ1) is 20.2. The second-order valence-corrected chi connectivity index (χ2v) is 11.7. The van der Waals surface area contributed by atoms with Gasteiger partial charge in [-0.3, -0.25) is 24.3 Å². The minimum Gasteiger partial charge on any atom is -0.491 e. The van der Waals surface area contributed by atoms with Crippen LogP contribution in [0, 0.1) is 13.8 Å². The number of allylic oxidation sites excluding steroid dienone is 4. The molecule has 0 aromatic heterocycles. The zero-order chi connectivity index (χ0) is 29.5. The molecule has 0 saturated carbocycles. The third kappa shape index (κ3) is 5.30. The van der Waals surface area contributed by atoms with Gasteiger partial charge in [-0.2, -0.15) is 0 Å². The number of anilines is 1. The predicted molar refractivity (Wildman–Crippen MR) is 160 cm³/mol. The molecular formula is C33H36N4O5. The van der Waals surface area contributed by atoms with Crippen LogP contribution in [0.5, 0.6) is 5.75 Å². The number of hydrogen-bond donors (Lipinski definition) is 2. The number of nitrogens with zero attached hydrogens (tertiary/aromatic N) is 3. The Morgan fingerprint density at radius 2 is 1.81 bits per heavy atom. The largest absolute Gasteiger partial charge is 0.491 e. The van der Waals surface area contributed by atoms with Crippen LogP contribution in [0.1, 0.15) is 56.7 Å². The van der Waals surface area contributed by atoms with Crippen molar-refractivity contribution < 1.29 is 24.2 Å². The second kappa shape index (κ2) is 11.3. The van der Waals surface area contributed by atoms with Gasteiger partial charge in [0, 0.05) is 30.3 Å². The van der Waals surface area contributed by atoms with Crippen molar-refractivity contribution in [1.29, 1.82) is 0 Å². The molecule has 3 aliphatic heterocycles. The SMILES string of the molecule is Cc1ccc(OCC(O)CN=C2C=CCC(=O)C2=C2Cc3cc4c(cc3N2)C(=O)N(C2CCN(C)CC2)C4=O)c(C)c1. The van der Waals surface area contributed by atoms with Gasteiger partial charge in [-0.05, 0) is 82.2 Å². The van der Waals surface area contributed by atoms with Gasteiger partial charge in [0.05, 0.1) is 29.0 Å². The number of nitrogens with one attached hydrogen (secondary N) is 1. The van der Waals surface area contributed by atoms with Gasteiger partial charge >= 0.3 is 0 Å². The van der Waals surface area contributed by atoms with Gasteiger partial charge < -0.3 is 20.1 Å². The second-order valence-electron chi connectivity index (χ2n) is 11.7. The number of aliphatic imine (C=N–C) groups is 1. The topological polar surface area (TPSA) is 112 Å². The Labute approximate surface area is 245 Å². The standard InChI is InChI=1S/C33H36N4O5/c1-19-7-8-30(20(2)13-19)42-18-23(38)17-34-26-5-4-6-29(39)31(26)28-15-21-14-24-25(16-27(21)35-28)33(41)37(32(24)40)22-9-11-36(3)12-10-22/h4-5,7-8,13-14,16,22-23,35,38H,6,9-12,15,17-18H2,1-3H3. The fourth-order valence-corrected chi connectivity index (χ4v) is 6.21. The van der Waals surface area contributed by atoms with Gasteiger partial charge in [0.25, 0.3) is 11.8 Å². The number of ether oxygens (including phenoxy) is 1. The van der Waals surface area contributed by atoms with Crippen molar-refractivity contribution in [2.24, 2.45) is 4.99 Å². The van der Waals surface area contributed by atoms with Gasteiger partial charge in [-0.15, -0.1) is 0 Å². The van der Waals surface area contributed by atoms with Crippen LogP contribution in [0.2, 0.25) is 0 Å². The summed E-state index contributed by atoms with van der Waals surface area (Å²) < 4.78 is 5.80. The predicted octanol–water partition coefficient (Wildman–Crippen LogP) is 3.63. The van der Waals surface area contributed by atoms with E-state index in [0.717, 1.165) is 48.3 Å². The number of Topliss-reactive ketones (excluding diaryl/α,β-unsaturated/α-hetero) is 1. The Balaban J connectivity index is 1.18. The number of carbonyl (C=O) groups is 3. The Morgan fingerprint density at radius 1 is 1.07 bits per heavy atom. The summed E-state index contributed by atoms with van der Waals surface area (Å²) in [5, 5.41) is 13.9. The van der Waals surface area contributed by atoms with Crippen LogP contribution in [0.15, 0.2) is 58.7 Å². The van der Waals surface area contributed by atoms with Crippen molar-refractivity contribution in [2.75, 3.05) is 38.6 Å². The van der Waals surface area contributed by atoms with Crippen LogP contribution in [0.25, 0.3) is 0 Å². The van der Waals surface area contributed by atoms with Crippen molar-refractivity contribution in [3.63, 3.8) is 0 Å². The van der Waals surface area contributed by atoms with Gasteiger partial charge in [0.1, 0.15) is 18.5 Å². The molecule has 2 amide bonds. The van der Waals surface area contributed by atoms with Crippen molar-refractivity contribution >= 4 is 29.0 Å². The summed E-state index contributed by atoms with van der Waals surface area (Å²) in [6.07, 6.45) is 4.96. The fourth-order valence-electron chi connectivity index (χ4n) is 6.21. The Bertz CT molecular complexity index is 1520. The van der Waals surface area contributed by atoms with Crippen LogP contribution in [-0.2, 0) is 11.2 Å². The molecule has 1 atom stereocenters. The van der Waals surface area contributed by atoms with Crippen LogP contribution in [0.3, 0.4) is 0 Å². The van der Waals surface area contributed by atoms with Crippen molar-refractivity contribution in [1.82, 2.24) is 9.80 Å². The van der Waals surface area contributed by atoms with Gasteiger partial charge in [-0.1, -0.05) is 23.8 Å². The maximum atomic E-state index is 13.3. The number of aryl methyl sites for hydroxylation is 2. The number of aliphatic hydroxyl groups is 1. The quantitative estimate of drug-likeness (QED) is 0.404. The molecule has 1 fully saturated rings. The molecule has 0 radical (unpaired) electrons. The number of fused-ring (bicyclic) bond motifs is 2. The van der Waals surface area contributed by atoms with Gasteiger partial charge in [-0.25, -0.2) is 0 Å². The molecular weight excluding hydrogens is 532 g/mol. The van der Waals surface area contributed by atoms with E-state index in [1.807, 2.05) is 39.1 Å². The van der Waals surface area contributed by atoms with E-state index in [1.54, 1.807) is 24.3 Å². The number of imide groups is 1. The van der Waals surface area contributed by atoms with Crippen LogP contribution >= 0.6 is 0 Å². The Hall–Kier alpha value is -4.08. The van der Waals surface area contributed by atoms with E-state index in [4.69, 9.17) is 4.74 Å². The first-order valence-corrected chi connectivity index (χ1v) is 14.6. The smallest absolute Gasteiger partial charge is 0.261 e. The van der Waals surface area contributed by atoms with E-state index in [2.05, 4.69) is 15.2 Å². The highest BCUT2D eigenvalue weighted by Crippen LogP contribution is 2.38. The molecule has 2 aromatic carbocycles. The average Bonchev–Trinajstić information content (AvgIpc) is 3.48. The van der Waals surface area contributed by atoms with Gasteiger partial charge in [0.15, 0.2) is 5.78 Å². The Morgan fingerprint density at radius 3 is 2.55 bits per heavy atom. The highest BCUT2D eigenvalue weighted by Gasteiger charge is 2.42. The summed E-state index contributed by atoms with van der Waals surface area (Å²) in [7, 11) is 2.05. The lowest BCUT2D eigenvalue weighted by Gasteiger charge is -2.33. The van der Waals surface area contributed by atoms with Crippen LogP contribution in [0.4, 0.5) is 5.69 Å². The summed E-state index contributed by atoms with van der Waals surface area (Å²) in [5.74, 6) is 0.172. The molecule has 2 N–H and O–H groups in total. The monoisotopic (exact) mass is 568 g/mol. The molecule has 9 heteroatoms. The minimum atomic E-state index is -0.851. The molecule has 2 aromatic rings. The molecule has 218 valence electrons. The zero-order valence-corrected chi connectivity index (χ0v) is 24.3. The lowest BCUT2D eigenvalue weighted by molar-refractivity contribution is -0.114. The van der Waals surface area contributed by atoms with E-state index >= 15 is 0 Å². The highest BCUT2D eigenvalue weighted by atomic mass is 16.5. The lowest BCUT2D eigenvalue weighted by Crippen LogP contribution is -2.46. The molecule has 0 bridgehead atoms. The van der Waals surface area contributed by atoms with Crippen molar-refractivity contribution in [3.8, 4) is 5.75 Å². The third-order valence-corrected chi connectivity index (χ3v) is 8.50. The van der Waals surface area contributed by atoms with Gasteiger partial charge in [0.2, 0.25) is 0 Å².